The Morgan fingerprint density at radius 2 is 2.00 bits per heavy atom. The van der Waals surface area contributed by atoms with E-state index in [2.05, 4.69) is 5.32 Å². The number of amides is 1. The monoisotopic (exact) mass is 363 g/mol. The summed E-state index contributed by atoms with van der Waals surface area (Å²) in [7, 11) is -0.492. The molecule has 0 radical (unpaired) electrons. The molecule has 0 aliphatic carbocycles. The summed E-state index contributed by atoms with van der Waals surface area (Å²) in [5.41, 5.74) is 0. The number of sulfone groups is 1. The molecule has 1 rings (SSSR count). The number of benzene rings is 1. The summed E-state index contributed by atoms with van der Waals surface area (Å²) < 4.78 is 34.3. The van der Waals surface area contributed by atoms with Gasteiger partial charge in [0.15, 0.2) is 9.84 Å². The van der Waals surface area contributed by atoms with Crippen LogP contribution in [0.15, 0.2) is 23.1 Å². The second kappa shape index (κ2) is 9.75. The number of carbonyl (C=O) groups is 1. The van der Waals surface area contributed by atoms with Gasteiger partial charge in [0.05, 0.1) is 22.8 Å². The zero-order chi connectivity index (χ0) is 17.3. The van der Waals surface area contributed by atoms with Crippen molar-refractivity contribution >= 4 is 27.3 Å². The Hall–Kier alpha value is -1.31. The maximum absolute atomic E-state index is 12.2. The van der Waals surface area contributed by atoms with E-state index in [-0.39, 0.29) is 28.0 Å². The van der Waals surface area contributed by atoms with Gasteiger partial charge >= 0.3 is 0 Å². The van der Waals surface area contributed by atoms with E-state index in [4.69, 9.17) is 21.1 Å². The first-order valence-corrected chi connectivity index (χ1v) is 9.25. The van der Waals surface area contributed by atoms with Gasteiger partial charge in [-0.3, -0.25) is 4.79 Å². The number of hydrogen-bond acceptors (Lipinski definition) is 5. The smallest absolute Gasteiger partial charge is 0.221 e. The first kappa shape index (κ1) is 19.7. The lowest BCUT2D eigenvalue weighted by Gasteiger charge is -2.08. The standard InChI is InChI=1S/C15H22ClNO5S/c1-21-9-4-3-8-17-15(18)7-10-23(19,20)12-5-6-14(22-2)13(16)11-12/h5-6,11H,3-4,7-10H2,1-2H3,(H,17,18). The minimum atomic E-state index is -3.56. The highest BCUT2D eigenvalue weighted by Gasteiger charge is 2.18. The Kier molecular flexibility index (Phi) is 8.36. The van der Waals surface area contributed by atoms with E-state index in [0.717, 1.165) is 12.8 Å². The molecular weight excluding hydrogens is 342 g/mol. The van der Waals surface area contributed by atoms with Crippen LogP contribution in [0.4, 0.5) is 0 Å². The van der Waals surface area contributed by atoms with E-state index < -0.39 is 9.84 Å². The lowest BCUT2D eigenvalue weighted by Crippen LogP contribution is -2.26. The number of ether oxygens (including phenoxy) is 2. The molecule has 0 unspecified atom stereocenters. The predicted octanol–water partition coefficient (Wildman–Crippen LogP) is 2.06. The fourth-order valence-electron chi connectivity index (χ4n) is 1.87. The highest BCUT2D eigenvalue weighted by molar-refractivity contribution is 7.91. The van der Waals surface area contributed by atoms with Crippen LogP contribution >= 0.6 is 11.6 Å². The molecule has 0 bridgehead atoms. The van der Waals surface area contributed by atoms with Gasteiger partial charge in [-0.25, -0.2) is 8.42 Å². The molecule has 1 aromatic rings. The third-order valence-electron chi connectivity index (χ3n) is 3.18. The minimum absolute atomic E-state index is 0.0798. The normalized spacial score (nSPS) is 11.3. The summed E-state index contributed by atoms with van der Waals surface area (Å²) in [6.45, 7) is 1.15. The summed E-state index contributed by atoms with van der Waals surface area (Å²) in [5, 5.41) is 2.91. The van der Waals surface area contributed by atoms with Gasteiger partial charge in [0.1, 0.15) is 5.75 Å². The first-order valence-electron chi connectivity index (χ1n) is 7.22. The highest BCUT2D eigenvalue weighted by Crippen LogP contribution is 2.27. The van der Waals surface area contributed by atoms with Crippen LogP contribution in [0.1, 0.15) is 19.3 Å². The van der Waals surface area contributed by atoms with Crippen molar-refractivity contribution in [1.82, 2.24) is 5.32 Å². The molecule has 0 aromatic heterocycles. The van der Waals surface area contributed by atoms with Crippen LogP contribution in [0, 0.1) is 0 Å². The van der Waals surface area contributed by atoms with Gasteiger partial charge in [-0.1, -0.05) is 11.6 Å². The van der Waals surface area contributed by atoms with E-state index in [0.29, 0.717) is 18.9 Å². The third kappa shape index (κ3) is 6.76. The lowest BCUT2D eigenvalue weighted by molar-refractivity contribution is -0.120. The van der Waals surface area contributed by atoms with E-state index in [9.17, 15) is 13.2 Å². The molecule has 0 aliphatic heterocycles. The summed E-state index contributed by atoms with van der Waals surface area (Å²) in [6, 6.07) is 4.24. The Bertz CT molecular complexity index is 618. The fraction of sp³-hybridized carbons (Fsp3) is 0.533. The van der Waals surface area contributed by atoms with Gasteiger partial charge < -0.3 is 14.8 Å². The minimum Gasteiger partial charge on any atom is -0.495 e. The second-order valence-corrected chi connectivity index (χ2v) is 7.43. The van der Waals surface area contributed by atoms with Gasteiger partial charge in [0.25, 0.3) is 0 Å². The van der Waals surface area contributed by atoms with E-state index in [1.807, 2.05) is 0 Å². The summed E-state index contributed by atoms with van der Waals surface area (Å²) in [6.07, 6.45) is 1.55. The number of rotatable bonds is 10. The molecule has 23 heavy (non-hydrogen) atoms. The molecule has 0 spiro atoms. The van der Waals surface area contributed by atoms with Crippen molar-refractivity contribution in [3.05, 3.63) is 23.2 Å². The molecule has 0 atom stereocenters. The van der Waals surface area contributed by atoms with E-state index >= 15 is 0 Å². The van der Waals surface area contributed by atoms with Crippen LogP contribution < -0.4 is 10.1 Å². The molecule has 0 saturated heterocycles. The molecule has 6 nitrogen and oxygen atoms in total. The topological polar surface area (TPSA) is 81.7 Å². The number of halogens is 1. The third-order valence-corrected chi connectivity index (χ3v) is 5.19. The van der Waals surface area contributed by atoms with Crippen LogP contribution in [-0.2, 0) is 19.4 Å². The van der Waals surface area contributed by atoms with Crippen molar-refractivity contribution in [3.8, 4) is 5.75 Å². The van der Waals surface area contributed by atoms with Gasteiger partial charge in [-0.05, 0) is 31.0 Å². The van der Waals surface area contributed by atoms with E-state index in [1.165, 1.54) is 25.3 Å². The number of hydrogen-bond donors (Lipinski definition) is 1. The summed E-state index contributed by atoms with van der Waals surface area (Å²) in [4.78, 5) is 11.7. The van der Waals surface area contributed by atoms with Crippen LogP contribution in [-0.4, -0.2) is 47.4 Å². The fourth-order valence-corrected chi connectivity index (χ4v) is 3.46. The Morgan fingerprint density at radius 3 is 2.61 bits per heavy atom. The molecule has 1 amide bonds. The molecule has 1 N–H and O–H groups in total. The summed E-state index contributed by atoms with van der Waals surface area (Å²) in [5.74, 6) is -0.149. The Labute approximate surface area is 142 Å². The quantitative estimate of drug-likeness (QED) is 0.643. The van der Waals surface area contributed by atoms with Crippen molar-refractivity contribution in [2.24, 2.45) is 0 Å². The molecule has 0 saturated carbocycles. The molecule has 0 aliphatic rings. The summed E-state index contributed by atoms with van der Waals surface area (Å²) >= 11 is 5.93. The van der Waals surface area contributed by atoms with Crippen molar-refractivity contribution in [2.45, 2.75) is 24.2 Å². The number of methoxy groups -OCH3 is 2. The van der Waals surface area contributed by atoms with Crippen LogP contribution in [0.2, 0.25) is 5.02 Å². The van der Waals surface area contributed by atoms with Crippen molar-refractivity contribution in [3.63, 3.8) is 0 Å². The number of unbranched alkanes of at least 4 members (excludes halogenated alkanes) is 1. The Morgan fingerprint density at radius 1 is 1.26 bits per heavy atom. The molecule has 1 aromatic carbocycles. The first-order chi connectivity index (χ1) is 10.9. The zero-order valence-corrected chi connectivity index (χ0v) is 14.9. The van der Waals surface area contributed by atoms with Gasteiger partial charge in [-0.15, -0.1) is 0 Å². The van der Waals surface area contributed by atoms with Crippen LogP contribution in [0.25, 0.3) is 0 Å². The number of carbonyl (C=O) groups excluding carboxylic acids is 1. The maximum Gasteiger partial charge on any atom is 0.221 e. The van der Waals surface area contributed by atoms with Gasteiger partial charge in [0.2, 0.25) is 5.91 Å². The second-order valence-electron chi connectivity index (χ2n) is 4.92. The average molecular weight is 364 g/mol. The lowest BCUT2D eigenvalue weighted by atomic mass is 10.3. The molecule has 8 heteroatoms. The average Bonchev–Trinajstić information content (AvgIpc) is 2.52. The molecule has 0 heterocycles. The van der Waals surface area contributed by atoms with Crippen LogP contribution in [0.5, 0.6) is 5.75 Å². The van der Waals surface area contributed by atoms with Crippen molar-refractivity contribution < 1.29 is 22.7 Å². The molecular formula is C15H22ClNO5S. The highest BCUT2D eigenvalue weighted by atomic mass is 35.5. The molecule has 0 fully saturated rings. The largest absolute Gasteiger partial charge is 0.495 e. The van der Waals surface area contributed by atoms with Crippen molar-refractivity contribution in [1.29, 1.82) is 0 Å². The zero-order valence-electron chi connectivity index (χ0n) is 13.3. The van der Waals surface area contributed by atoms with Crippen LogP contribution in [0.3, 0.4) is 0 Å². The Balaban J connectivity index is 2.49. The maximum atomic E-state index is 12.2. The SMILES string of the molecule is COCCCCNC(=O)CCS(=O)(=O)c1ccc(OC)c(Cl)c1. The molecule has 130 valence electrons. The van der Waals surface area contributed by atoms with Gasteiger partial charge in [-0.2, -0.15) is 0 Å². The van der Waals surface area contributed by atoms with E-state index in [1.54, 1.807) is 7.11 Å². The predicted molar refractivity (Wildman–Crippen MR) is 88.8 cm³/mol. The number of nitrogens with one attached hydrogen (secondary N) is 1. The van der Waals surface area contributed by atoms with Gasteiger partial charge in [0, 0.05) is 26.7 Å². The van der Waals surface area contributed by atoms with Crippen molar-refractivity contribution in [2.75, 3.05) is 33.1 Å².